The van der Waals surface area contributed by atoms with Gasteiger partial charge in [0.1, 0.15) is 17.4 Å². The second-order valence-electron chi connectivity index (χ2n) is 4.30. The number of aliphatic hydroxyl groups excluding tert-OH is 1. The summed E-state index contributed by atoms with van der Waals surface area (Å²) in [7, 11) is 0. The molecule has 1 heterocycles. The number of hydrogen-bond donors (Lipinski definition) is 2. The molecule has 5 heteroatoms. The van der Waals surface area contributed by atoms with E-state index >= 15 is 0 Å². The lowest BCUT2D eigenvalue weighted by molar-refractivity contribution is 0.160. The van der Waals surface area contributed by atoms with Gasteiger partial charge in [0.25, 0.3) is 0 Å². The fourth-order valence-electron chi connectivity index (χ4n) is 1.86. The smallest absolute Gasteiger partial charge is 0.131 e. The SMILES string of the molecule is C[C@@H](NCC(O)c1c(F)cccc1F)c1ccco1. The van der Waals surface area contributed by atoms with Gasteiger partial charge in [-0.3, -0.25) is 0 Å². The molecule has 2 rings (SSSR count). The van der Waals surface area contributed by atoms with Gasteiger partial charge in [0.05, 0.1) is 24.0 Å². The predicted molar refractivity (Wildman–Crippen MR) is 66.4 cm³/mol. The molecule has 1 aromatic heterocycles. The third-order valence-electron chi connectivity index (χ3n) is 2.92. The molecule has 0 amide bonds. The molecule has 3 nitrogen and oxygen atoms in total. The highest BCUT2D eigenvalue weighted by atomic mass is 19.1. The van der Waals surface area contributed by atoms with Gasteiger partial charge >= 0.3 is 0 Å². The highest BCUT2D eigenvalue weighted by Gasteiger charge is 2.18. The van der Waals surface area contributed by atoms with E-state index in [9.17, 15) is 13.9 Å². The minimum absolute atomic E-state index is 0.0275. The van der Waals surface area contributed by atoms with Crippen LogP contribution in [-0.4, -0.2) is 11.7 Å². The summed E-state index contributed by atoms with van der Waals surface area (Å²) in [6, 6.07) is 6.89. The molecule has 1 unspecified atom stereocenters. The largest absolute Gasteiger partial charge is 0.468 e. The van der Waals surface area contributed by atoms with Crippen LogP contribution >= 0.6 is 0 Å². The van der Waals surface area contributed by atoms with E-state index < -0.39 is 17.7 Å². The van der Waals surface area contributed by atoms with Gasteiger partial charge in [-0.25, -0.2) is 8.78 Å². The molecular weight excluding hydrogens is 252 g/mol. The minimum Gasteiger partial charge on any atom is -0.468 e. The van der Waals surface area contributed by atoms with Gasteiger partial charge in [0, 0.05) is 6.54 Å². The fourth-order valence-corrected chi connectivity index (χ4v) is 1.86. The number of rotatable bonds is 5. The zero-order chi connectivity index (χ0) is 13.8. The number of benzene rings is 1. The van der Waals surface area contributed by atoms with Crippen molar-refractivity contribution in [3.8, 4) is 0 Å². The highest BCUT2D eigenvalue weighted by molar-refractivity contribution is 5.22. The van der Waals surface area contributed by atoms with E-state index in [0.717, 1.165) is 12.1 Å². The summed E-state index contributed by atoms with van der Waals surface area (Å²) in [6.45, 7) is 1.86. The molecule has 0 aliphatic heterocycles. The molecule has 102 valence electrons. The zero-order valence-corrected chi connectivity index (χ0v) is 10.4. The van der Waals surface area contributed by atoms with Crippen LogP contribution in [0.5, 0.6) is 0 Å². The average Bonchev–Trinajstić information content (AvgIpc) is 2.89. The van der Waals surface area contributed by atoms with Crippen LogP contribution < -0.4 is 5.32 Å². The second-order valence-corrected chi connectivity index (χ2v) is 4.30. The number of nitrogens with one attached hydrogen (secondary N) is 1. The Labute approximate surface area is 109 Å². The van der Waals surface area contributed by atoms with E-state index in [1.807, 2.05) is 6.92 Å². The minimum atomic E-state index is -1.25. The van der Waals surface area contributed by atoms with Gasteiger partial charge in [-0.05, 0) is 31.2 Å². The molecule has 0 saturated carbocycles. The van der Waals surface area contributed by atoms with E-state index in [4.69, 9.17) is 4.42 Å². The van der Waals surface area contributed by atoms with Crippen molar-refractivity contribution >= 4 is 0 Å². The molecule has 1 aromatic carbocycles. The molecule has 2 aromatic rings. The maximum atomic E-state index is 13.5. The third kappa shape index (κ3) is 3.19. The first-order chi connectivity index (χ1) is 9.09. The van der Waals surface area contributed by atoms with Crippen LogP contribution in [0.25, 0.3) is 0 Å². The quantitative estimate of drug-likeness (QED) is 0.875. The van der Waals surface area contributed by atoms with Crippen LogP contribution in [0.1, 0.15) is 30.4 Å². The molecular formula is C14H15F2NO2. The van der Waals surface area contributed by atoms with Crippen molar-refractivity contribution in [2.24, 2.45) is 0 Å². The summed E-state index contributed by atoms with van der Waals surface area (Å²) in [6.07, 6.45) is 0.291. The predicted octanol–water partition coefficient (Wildman–Crippen LogP) is 2.94. The van der Waals surface area contributed by atoms with Crippen molar-refractivity contribution in [3.05, 3.63) is 59.6 Å². The molecule has 19 heavy (non-hydrogen) atoms. The summed E-state index contributed by atoms with van der Waals surface area (Å²) in [5.41, 5.74) is -0.318. The molecule has 0 bridgehead atoms. The Morgan fingerprint density at radius 2 is 1.89 bits per heavy atom. The van der Waals surface area contributed by atoms with Crippen LogP contribution in [0, 0.1) is 11.6 Å². The molecule has 2 atom stereocenters. The van der Waals surface area contributed by atoms with Crippen molar-refractivity contribution in [1.82, 2.24) is 5.32 Å². The topological polar surface area (TPSA) is 45.4 Å². The van der Waals surface area contributed by atoms with E-state index in [2.05, 4.69) is 5.32 Å². The second kappa shape index (κ2) is 5.95. The van der Waals surface area contributed by atoms with Crippen LogP contribution in [0.2, 0.25) is 0 Å². The van der Waals surface area contributed by atoms with E-state index in [1.165, 1.54) is 6.07 Å². The van der Waals surface area contributed by atoms with Crippen LogP contribution in [0.3, 0.4) is 0 Å². The Hall–Kier alpha value is -1.72. The third-order valence-corrected chi connectivity index (χ3v) is 2.92. The lowest BCUT2D eigenvalue weighted by atomic mass is 10.1. The summed E-state index contributed by atoms with van der Waals surface area (Å²) in [4.78, 5) is 0. The number of halogens is 2. The van der Waals surface area contributed by atoms with Crippen molar-refractivity contribution < 1.29 is 18.3 Å². The Morgan fingerprint density at radius 3 is 2.47 bits per heavy atom. The zero-order valence-electron chi connectivity index (χ0n) is 10.4. The fraction of sp³-hybridized carbons (Fsp3) is 0.286. The standard InChI is InChI=1S/C14H15F2NO2/c1-9(13-6-3-7-19-13)17-8-12(18)14-10(15)4-2-5-11(14)16/h2-7,9,12,17-18H,8H2,1H3/t9-,12?/m1/s1. The van der Waals surface area contributed by atoms with Gasteiger partial charge in [0.2, 0.25) is 0 Å². The summed E-state index contributed by atoms with van der Waals surface area (Å²) in [5.74, 6) is -0.805. The lowest BCUT2D eigenvalue weighted by Crippen LogP contribution is -2.25. The maximum Gasteiger partial charge on any atom is 0.131 e. The monoisotopic (exact) mass is 267 g/mol. The van der Waals surface area contributed by atoms with E-state index in [1.54, 1.807) is 18.4 Å². The Morgan fingerprint density at radius 1 is 1.21 bits per heavy atom. The van der Waals surface area contributed by atoms with Crippen LogP contribution in [0.15, 0.2) is 41.0 Å². The molecule has 0 aliphatic carbocycles. The van der Waals surface area contributed by atoms with Gasteiger partial charge in [-0.2, -0.15) is 0 Å². The molecule has 0 spiro atoms. The average molecular weight is 267 g/mol. The first-order valence-corrected chi connectivity index (χ1v) is 5.98. The summed E-state index contributed by atoms with van der Waals surface area (Å²) in [5, 5.41) is 12.8. The summed E-state index contributed by atoms with van der Waals surface area (Å²) >= 11 is 0. The molecule has 0 radical (unpaired) electrons. The highest BCUT2D eigenvalue weighted by Crippen LogP contribution is 2.21. The first kappa shape index (κ1) is 13.7. The van der Waals surface area contributed by atoms with Crippen LogP contribution in [0.4, 0.5) is 8.78 Å². The van der Waals surface area contributed by atoms with Crippen molar-refractivity contribution in [3.63, 3.8) is 0 Å². The van der Waals surface area contributed by atoms with Gasteiger partial charge in [-0.15, -0.1) is 0 Å². The number of aliphatic hydroxyl groups is 1. The summed E-state index contributed by atoms with van der Waals surface area (Å²) < 4.78 is 32.1. The van der Waals surface area contributed by atoms with Crippen LogP contribution in [-0.2, 0) is 0 Å². The molecule has 0 saturated heterocycles. The number of hydrogen-bond acceptors (Lipinski definition) is 3. The molecule has 0 fully saturated rings. The van der Waals surface area contributed by atoms with Gasteiger partial charge < -0.3 is 14.8 Å². The normalized spacial score (nSPS) is 14.3. The first-order valence-electron chi connectivity index (χ1n) is 5.98. The van der Waals surface area contributed by atoms with Crippen molar-refractivity contribution in [1.29, 1.82) is 0 Å². The Bertz CT molecular complexity index is 508. The lowest BCUT2D eigenvalue weighted by Gasteiger charge is -2.16. The van der Waals surface area contributed by atoms with Gasteiger partial charge in [0.15, 0.2) is 0 Å². The molecule has 2 N–H and O–H groups in total. The maximum absolute atomic E-state index is 13.5. The van der Waals surface area contributed by atoms with Gasteiger partial charge in [-0.1, -0.05) is 6.07 Å². The van der Waals surface area contributed by atoms with Crippen molar-refractivity contribution in [2.75, 3.05) is 6.54 Å². The number of furan rings is 1. The van der Waals surface area contributed by atoms with E-state index in [-0.39, 0.29) is 18.2 Å². The van der Waals surface area contributed by atoms with E-state index in [0.29, 0.717) is 5.76 Å². The Kier molecular flexibility index (Phi) is 4.29. The van der Waals surface area contributed by atoms with Crippen molar-refractivity contribution in [2.45, 2.75) is 19.1 Å². The Balaban J connectivity index is 2.00. The molecule has 0 aliphatic rings.